The van der Waals surface area contributed by atoms with E-state index in [1.807, 2.05) is 0 Å². The van der Waals surface area contributed by atoms with Crippen LogP contribution in [0.5, 0.6) is 0 Å². The lowest BCUT2D eigenvalue weighted by Crippen LogP contribution is -2.35. The highest BCUT2D eigenvalue weighted by Crippen LogP contribution is 2.49. The van der Waals surface area contributed by atoms with Gasteiger partial charge in [-0.3, -0.25) is 13.8 Å². The van der Waals surface area contributed by atoms with E-state index in [1.165, 1.54) is 10.9 Å². The molecular weight excluding hydrogens is 532 g/mol. The average Bonchev–Trinajstić information content (AvgIpc) is 3.44. The number of fused-ring (bicyclic) bond motifs is 1. The minimum Gasteiger partial charge on any atom is -0.601 e. The fourth-order valence-corrected chi connectivity index (χ4v) is 5.57. The first kappa shape index (κ1) is 27.3. The molecule has 0 bridgehead atoms. The van der Waals surface area contributed by atoms with Gasteiger partial charge in [-0.05, 0) is 0 Å². The maximum Gasteiger partial charge on any atom is 0.428 e. The van der Waals surface area contributed by atoms with Crippen LogP contribution in [0.15, 0.2) is 12.7 Å². The average molecular weight is 555 g/mol. The Hall–Kier alpha value is -1.73. The van der Waals surface area contributed by atoms with Gasteiger partial charge in [0.15, 0.2) is 24.0 Å². The number of rotatable bonds is 8. The van der Waals surface area contributed by atoms with Crippen molar-refractivity contribution in [2.75, 3.05) is 18.9 Å². The predicted octanol–water partition coefficient (Wildman–Crippen LogP) is -4.56. The van der Waals surface area contributed by atoms with Crippen LogP contribution in [0.25, 0.3) is 11.2 Å². The van der Waals surface area contributed by atoms with Gasteiger partial charge in [-0.25, -0.2) is 19.5 Å². The van der Waals surface area contributed by atoms with E-state index in [-0.39, 0.29) is 17.0 Å². The molecule has 0 aromatic carbocycles. The highest BCUT2D eigenvalue weighted by Gasteiger charge is 2.47. The molecule has 0 radical (unpaired) electrons. The summed E-state index contributed by atoms with van der Waals surface area (Å²) in [4.78, 5) is 43.2. The molecule has 0 amide bonds. The number of aromatic nitrogens is 4. The molecule has 10 atom stereocenters. The summed E-state index contributed by atoms with van der Waals surface area (Å²) < 4.78 is 33.9. The van der Waals surface area contributed by atoms with E-state index >= 15 is 0 Å². The van der Waals surface area contributed by atoms with Crippen LogP contribution in [0.2, 0.25) is 0 Å². The van der Waals surface area contributed by atoms with Crippen molar-refractivity contribution in [2.45, 2.75) is 49.1 Å². The molecular formula is C16H23N5O13P2. The molecule has 36 heavy (non-hydrogen) atoms. The van der Waals surface area contributed by atoms with Crippen molar-refractivity contribution in [1.29, 1.82) is 0 Å². The standard InChI is InChI=1S/C16H23N5O13P2/c17-12-7-13(19-3-18-12)21(4-20-7)14-10(24)8(22)5(33-14)1-31-16(35(27)28)36(29,30)32-2-6-9(23)11(25)15(26)34-6/h3-6,8-11,14-15,22-26H,1-2H2,(H,27,28)(H,29,30)(H2,17,18,19). The lowest BCUT2D eigenvalue weighted by molar-refractivity contribution is -0.168. The molecule has 2 saturated heterocycles. The van der Waals surface area contributed by atoms with Gasteiger partial charge >= 0.3 is 12.8 Å². The fourth-order valence-electron chi connectivity index (χ4n) is 3.65. The molecule has 4 heterocycles. The van der Waals surface area contributed by atoms with Gasteiger partial charge in [0.1, 0.15) is 48.5 Å². The molecule has 0 aliphatic carbocycles. The number of nitrogens with zero attached hydrogens (tertiary/aromatic N) is 4. The largest absolute Gasteiger partial charge is 0.601 e. The number of anilines is 1. The second-order valence-electron chi connectivity index (χ2n) is 7.86. The number of ether oxygens (including phenoxy) is 3. The van der Waals surface area contributed by atoms with E-state index in [9.17, 15) is 44.8 Å². The molecule has 20 heteroatoms. The molecule has 2 aliphatic rings. The summed E-state index contributed by atoms with van der Waals surface area (Å²) in [6.45, 7) is -1.62. The maximum absolute atomic E-state index is 12.5. The van der Waals surface area contributed by atoms with Crippen molar-refractivity contribution >= 4 is 37.8 Å². The zero-order valence-corrected chi connectivity index (χ0v) is 19.8. The zero-order valence-electron chi connectivity index (χ0n) is 18.0. The van der Waals surface area contributed by atoms with Crippen LogP contribution >= 0.6 is 15.6 Å². The number of aliphatic hydroxyl groups is 5. The second-order valence-corrected chi connectivity index (χ2v) is 10.9. The van der Waals surface area contributed by atoms with Crippen LogP contribution < -0.4 is 10.6 Å². The van der Waals surface area contributed by atoms with E-state index in [0.717, 1.165) is 6.33 Å². The summed E-state index contributed by atoms with van der Waals surface area (Å²) in [5.74, 6) is 0.0656. The minimum absolute atomic E-state index is 0.0656. The normalized spacial score (nSPS) is 35.2. The van der Waals surface area contributed by atoms with Crippen LogP contribution in [0, 0.1) is 0 Å². The lowest BCUT2D eigenvalue weighted by Gasteiger charge is -2.19. The highest BCUT2D eigenvalue weighted by molar-refractivity contribution is 7.82. The highest BCUT2D eigenvalue weighted by atomic mass is 31.2. The van der Waals surface area contributed by atoms with Crippen LogP contribution in [0.1, 0.15) is 6.23 Å². The van der Waals surface area contributed by atoms with Crippen molar-refractivity contribution in [3.8, 4) is 0 Å². The van der Waals surface area contributed by atoms with E-state index in [0.29, 0.717) is 0 Å². The summed E-state index contributed by atoms with van der Waals surface area (Å²) in [5, 5.41) is 48.1. The molecule has 10 unspecified atom stereocenters. The topological polar surface area (TPSA) is 288 Å². The molecule has 0 saturated carbocycles. The van der Waals surface area contributed by atoms with E-state index < -0.39 is 83.2 Å². The van der Waals surface area contributed by atoms with Crippen molar-refractivity contribution in [2.24, 2.45) is 0 Å². The molecule has 2 aromatic heterocycles. The number of nitrogens with two attached hydrogens (primary N) is 1. The number of aliphatic hydroxyl groups excluding tert-OH is 5. The molecule has 2 aromatic rings. The van der Waals surface area contributed by atoms with E-state index in [2.05, 4.69) is 15.0 Å². The van der Waals surface area contributed by atoms with Crippen LogP contribution in [-0.4, -0.2) is 116 Å². The summed E-state index contributed by atoms with van der Waals surface area (Å²) in [6, 6.07) is 0. The molecule has 4 rings (SSSR count). The summed E-state index contributed by atoms with van der Waals surface area (Å²) in [6.07, 6.45) is -9.89. The van der Waals surface area contributed by atoms with Gasteiger partial charge in [-0.15, -0.1) is 0 Å². The molecule has 0 spiro atoms. The molecule has 200 valence electrons. The van der Waals surface area contributed by atoms with E-state index in [1.54, 1.807) is 0 Å². The third-order valence-corrected chi connectivity index (χ3v) is 8.37. The number of hydrogen-bond donors (Lipinski definition) is 8. The zero-order chi connectivity index (χ0) is 26.4. The number of nitrogen functional groups attached to an aromatic ring is 1. The Morgan fingerprint density at radius 1 is 1.08 bits per heavy atom. The Morgan fingerprint density at radius 3 is 2.39 bits per heavy atom. The first-order valence-electron chi connectivity index (χ1n) is 10.2. The monoisotopic (exact) mass is 555 g/mol. The van der Waals surface area contributed by atoms with Crippen molar-refractivity contribution < 1.29 is 63.5 Å². The summed E-state index contributed by atoms with van der Waals surface area (Å²) >= 11 is 0. The molecule has 18 nitrogen and oxygen atoms in total. The smallest absolute Gasteiger partial charge is 0.428 e. The molecule has 2 fully saturated rings. The lowest BCUT2D eigenvalue weighted by atomic mass is 10.1. The van der Waals surface area contributed by atoms with Gasteiger partial charge < -0.3 is 50.5 Å². The Morgan fingerprint density at radius 2 is 1.75 bits per heavy atom. The predicted molar refractivity (Wildman–Crippen MR) is 114 cm³/mol. The SMILES string of the molecule is Nc1ncnc2c1ncn2C1OC(CO/C(=[P+](\[O-])O)P(=O)(O)OCC2OC(O)C(O)C2O)C(O)C1O. The third-order valence-electron chi connectivity index (χ3n) is 5.53. The molecule has 9 N–H and O–H groups in total. The van der Waals surface area contributed by atoms with Gasteiger partial charge in [0.2, 0.25) is 0 Å². The van der Waals surface area contributed by atoms with Crippen LogP contribution in [0.4, 0.5) is 5.82 Å². The van der Waals surface area contributed by atoms with Crippen LogP contribution in [-0.2, 0) is 23.3 Å². The third kappa shape index (κ3) is 5.15. The van der Waals surface area contributed by atoms with Crippen molar-refractivity contribution in [1.82, 2.24) is 19.5 Å². The van der Waals surface area contributed by atoms with Gasteiger partial charge in [0.25, 0.3) is 8.00 Å². The first-order chi connectivity index (χ1) is 16.9. The summed E-state index contributed by atoms with van der Waals surface area (Å²) in [5.41, 5.74) is 6.13. The van der Waals surface area contributed by atoms with Crippen LogP contribution in [0.3, 0.4) is 0 Å². The number of imidazole rings is 1. The number of hydrogen-bond acceptors (Lipinski definition) is 16. The Labute approximate surface area is 202 Å². The minimum atomic E-state index is -5.11. The van der Waals surface area contributed by atoms with Gasteiger partial charge in [-0.1, -0.05) is 0 Å². The first-order valence-corrected chi connectivity index (χ1v) is 13.0. The Balaban J connectivity index is 1.42. The van der Waals surface area contributed by atoms with Gasteiger partial charge in [-0.2, -0.15) is 4.89 Å². The quantitative estimate of drug-likeness (QED) is 0.142. The second kappa shape index (κ2) is 10.6. The van der Waals surface area contributed by atoms with E-state index in [4.69, 9.17) is 24.5 Å². The van der Waals surface area contributed by atoms with Crippen molar-refractivity contribution in [3.63, 3.8) is 0 Å². The van der Waals surface area contributed by atoms with Gasteiger partial charge in [0.05, 0.1) is 19.5 Å². The van der Waals surface area contributed by atoms with Gasteiger partial charge in [0, 0.05) is 0 Å². The Kier molecular flexibility index (Phi) is 8.01. The summed E-state index contributed by atoms with van der Waals surface area (Å²) in [7, 11) is -8.68. The molecule has 2 aliphatic heterocycles. The maximum atomic E-state index is 12.5. The van der Waals surface area contributed by atoms with Crippen molar-refractivity contribution in [3.05, 3.63) is 12.7 Å². The Bertz CT molecular complexity index is 1180. The fraction of sp³-hybridized carbons (Fsp3) is 0.625.